The Hall–Kier alpha value is -1.58. The molecular weight excluding hydrogens is 216 g/mol. The van der Waals surface area contributed by atoms with Gasteiger partial charge in [-0.25, -0.2) is 4.98 Å². The number of pyridine rings is 1. The lowest BCUT2D eigenvalue weighted by Gasteiger charge is -2.12. The Labute approximate surface area is 102 Å². The summed E-state index contributed by atoms with van der Waals surface area (Å²) in [6, 6.07) is 5.32. The number of carbonyl (C=O) groups is 1. The Bertz CT molecular complexity index is 377. The van der Waals surface area contributed by atoms with Crippen LogP contribution in [0.2, 0.25) is 0 Å². The lowest BCUT2D eigenvalue weighted by Crippen LogP contribution is -2.30. The van der Waals surface area contributed by atoms with Gasteiger partial charge in [-0.2, -0.15) is 0 Å². The highest BCUT2D eigenvalue weighted by molar-refractivity contribution is 5.92. The molecule has 0 spiro atoms. The van der Waals surface area contributed by atoms with Gasteiger partial charge in [-0.05, 0) is 33.3 Å². The normalized spacial score (nSPS) is 12.3. The highest BCUT2D eigenvalue weighted by atomic mass is 16.5. The minimum absolute atomic E-state index is 0.100. The van der Waals surface area contributed by atoms with E-state index in [4.69, 9.17) is 4.74 Å². The SMILES string of the molecule is CCC(C)Oc1cccc(C(=O)NC(C)C)n1. The van der Waals surface area contributed by atoms with Crippen LogP contribution in [-0.4, -0.2) is 23.0 Å². The smallest absolute Gasteiger partial charge is 0.270 e. The van der Waals surface area contributed by atoms with Crippen LogP contribution in [0.25, 0.3) is 0 Å². The quantitative estimate of drug-likeness (QED) is 0.854. The zero-order valence-electron chi connectivity index (χ0n) is 10.9. The highest BCUT2D eigenvalue weighted by Gasteiger charge is 2.10. The molecule has 1 atom stereocenters. The van der Waals surface area contributed by atoms with Crippen molar-refractivity contribution < 1.29 is 9.53 Å². The van der Waals surface area contributed by atoms with Gasteiger partial charge in [-0.3, -0.25) is 4.79 Å². The molecule has 4 heteroatoms. The van der Waals surface area contributed by atoms with Crippen molar-refractivity contribution in [2.24, 2.45) is 0 Å². The summed E-state index contributed by atoms with van der Waals surface area (Å²) in [4.78, 5) is 15.9. The van der Waals surface area contributed by atoms with Crippen molar-refractivity contribution in [2.75, 3.05) is 0 Å². The van der Waals surface area contributed by atoms with Crippen molar-refractivity contribution in [3.05, 3.63) is 23.9 Å². The number of hydrogen-bond donors (Lipinski definition) is 1. The van der Waals surface area contributed by atoms with Crippen molar-refractivity contribution in [3.8, 4) is 5.88 Å². The summed E-state index contributed by atoms with van der Waals surface area (Å²) >= 11 is 0. The molecule has 1 N–H and O–H groups in total. The Morgan fingerprint density at radius 2 is 2.12 bits per heavy atom. The maximum atomic E-state index is 11.7. The fourth-order valence-electron chi connectivity index (χ4n) is 1.23. The molecular formula is C13H20N2O2. The first kappa shape index (κ1) is 13.5. The van der Waals surface area contributed by atoms with E-state index in [9.17, 15) is 4.79 Å². The molecule has 1 rings (SSSR count). The van der Waals surface area contributed by atoms with Crippen LogP contribution in [0.15, 0.2) is 18.2 Å². The van der Waals surface area contributed by atoms with Gasteiger partial charge in [-0.1, -0.05) is 13.0 Å². The monoisotopic (exact) mass is 236 g/mol. The number of hydrogen-bond acceptors (Lipinski definition) is 3. The summed E-state index contributed by atoms with van der Waals surface area (Å²) in [5.74, 6) is 0.324. The molecule has 1 unspecified atom stereocenters. The molecule has 1 amide bonds. The van der Waals surface area contributed by atoms with E-state index >= 15 is 0 Å². The average Bonchev–Trinajstić information content (AvgIpc) is 2.28. The van der Waals surface area contributed by atoms with E-state index in [-0.39, 0.29) is 18.1 Å². The number of nitrogens with one attached hydrogen (secondary N) is 1. The molecule has 1 aromatic heterocycles. The van der Waals surface area contributed by atoms with E-state index in [1.54, 1.807) is 18.2 Å². The predicted molar refractivity (Wildman–Crippen MR) is 67.2 cm³/mol. The number of carbonyl (C=O) groups excluding carboxylic acids is 1. The fourth-order valence-corrected chi connectivity index (χ4v) is 1.23. The minimum Gasteiger partial charge on any atom is -0.475 e. The van der Waals surface area contributed by atoms with Gasteiger partial charge in [0, 0.05) is 12.1 Å². The van der Waals surface area contributed by atoms with E-state index in [2.05, 4.69) is 10.3 Å². The van der Waals surface area contributed by atoms with Crippen LogP contribution in [0.4, 0.5) is 0 Å². The van der Waals surface area contributed by atoms with E-state index in [0.717, 1.165) is 6.42 Å². The van der Waals surface area contributed by atoms with Crippen LogP contribution in [-0.2, 0) is 0 Å². The molecule has 0 saturated carbocycles. The number of amides is 1. The first-order chi connectivity index (χ1) is 8.02. The van der Waals surface area contributed by atoms with Crippen molar-refractivity contribution in [1.82, 2.24) is 10.3 Å². The van der Waals surface area contributed by atoms with Crippen LogP contribution >= 0.6 is 0 Å². The first-order valence-corrected chi connectivity index (χ1v) is 5.97. The largest absolute Gasteiger partial charge is 0.475 e. The Balaban J connectivity index is 2.75. The van der Waals surface area contributed by atoms with Gasteiger partial charge >= 0.3 is 0 Å². The van der Waals surface area contributed by atoms with Crippen LogP contribution in [0.3, 0.4) is 0 Å². The van der Waals surface area contributed by atoms with Gasteiger partial charge in [0.05, 0.1) is 6.10 Å². The van der Waals surface area contributed by atoms with Crippen molar-refractivity contribution in [1.29, 1.82) is 0 Å². The van der Waals surface area contributed by atoms with E-state index in [1.807, 2.05) is 27.7 Å². The van der Waals surface area contributed by atoms with Crippen LogP contribution in [0, 0.1) is 0 Å². The standard InChI is InChI=1S/C13H20N2O2/c1-5-10(4)17-12-8-6-7-11(15-12)13(16)14-9(2)3/h6-10H,5H2,1-4H3,(H,14,16). The topological polar surface area (TPSA) is 51.2 Å². The average molecular weight is 236 g/mol. The summed E-state index contributed by atoms with van der Waals surface area (Å²) in [5, 5.41) is 2.80. The van der Waals surface area contributed by atoms with Crippen molar-refractivity contribution in [2.45, 2.75) is 46.3 Å². The third-order valence-electron chi connectivity index (χ3n) is 2.27. The van der Waals surface area contributed by atoms with Gasteiger partial charge in [0.1, 0.15) is 5.69 Å². The number of aromatic nitrogens is 1. The predicted octanol–water partition coefficient (Wildman–Crippen LogP) is 2.40. The second-order valence-corrected chi connectivity index (χ2v) is 4.33. The molecule has 4 nitrogen and oxygen atoms in total. The minimum atomic E-state index is -0.172. The summed E-state index contributed by atoms with van der Waals surface area (Å²) < 4.78 is 5.57. The number of nitrogens with zero attached hydrogens (tertiary/aromatic N) is 1. The summed E-state index contributed by atoms with van der Waals surface area (Å²) in [6.07, 6.45) is 1.01. The second-order valence-electron chi connectivity index (χ2n) is 4.33. The van der Waals surface area contributed by atoms with Crippen LogP contribution in [0.5, 0.6) is 5.88 Å². The van der Waals surface area contributed by atoms with Crippen LogP contribution in [0.1, 0.15) is 44.6 Å². The third-order valence-corrected chi connectivity index (χ3v) is 2.27. The number of rotatable bonds is 5. The Morgan fingerprint density at radius 1 is 1.41 bits per heavy atom. The summed E-state index contributed by atoms with van der Waals surface area (Å²) in [5.41, 5.74) is 0.388. The summed E-state index contributed by atoms with van der Waals surface area (Å²) in [7, 11) is 0. The molecule has 0 aliphatic carbocycles. The van der Waals surface area contributed by atoms with Gasteiger partial charge in [0.25, 0.3) is 5.91 Å². The first-order valence-electron chi connectivity index (χ1n) is 5.97. The van der Waals surface area contributed by atoms with E-state index in [0.29, 0.717) is 11.6 Å². The van der Waals surface area contributed by atoms with E-state index in [1.165, 1.54) is 0 Å². The Kier molecular flexibility index (Phi) is 4.94. The van der Waals surface area contributed by atoms with Gasteiger partial charge in [-0.15, -0.1) is 0 Å². The third kappa shape index (κ3) is 4.43. The zero-order valence-corrected chi connectivity index (χ0v) is 10.9. The second kappa shape index (κ2) is 6.23. The molecule has 0 saturated heterocycles. The molecule has 1 aromatic rings. The number of ether oxygens (including phenoxy) is 1. The lowest BCUT2D eigenvalue weighted by molar-refractivity contribution is 0.0936. The molecule has 0 radical (unpaired) electrons. The highest BCUT2D eigenvalue weighted by Crippen LogP contribution is 2.11. The molecule has 0 aliphatic rings. The maximum Gasteiger partial charge on any atom is 0.270 e. The van der Waals surface area contributed by atoms with Crippen LogP contribution < -0.4 is 10.1 Å². The molecule has 0 bridgehead atoms. The molecule has 17 heavy (non-hydrogen) atoms. The maximum absolute atomic E-state index is 11.7. The van der Waals surface area contributed by atoms with Gasteiger partial charge in [0.2, 0.25) is 5.88 Å². The molecule has 0 aliphatic heterocycles. The Morgan fingerprint density at radius 3 is 2.71 bits per heavy atom. The van der Waals surface area contributed by atoms with Crippen molar-refractivity contribution in [3.63, 3.8) is 0 Å². The van der Waals surface area contributed by atoms with Gasteiger partial charge in [0.15, 0.2) is 0 Å². The molecule has 0 fully saturated rings. The fraction of sp³-hybridized carbons (Fsp3) is 0.538. The van der Waals surface area contributed by atoms with Gasteiger partial charge < -0.3 is 10.1 Å². The van der Waals surface area contributed by atoms with Crippen molar-refractivity contribution >= 4 is 5.91 Å². The zero-order chi connectivity index (χ0) is 12.8. The summed E-state index contributed by atoms with van der Waals surface area (Å²) in [6.45, 7) is 7.84. The molecule has 1 heterocycles. The molecule has 0 aromatic carbocycles. The molecule has 94 valence electrons. The lowest BCUT2D eigenvalue weighted by atomic mass is 10.3. The van der Waals surface area contributed by atoms with E-state index < -0.39 is 0 Å².